The summed E-state index contributed by atoms with van der Waals surface area (Å²) >= 11 is 0. The quantitative estimate of drug-likeness (QED) is 0.486. The average Bonchev–Trinajstić information content (AvgIpc) is 2.07. The van der Waals surface area contributed by atoms with E-state index in [9.17, 15) is 4.79 Å². The van der Waals surface area contributed by atoms with Crippen LogP contribution >= 0.6 is 0 Å². The first kappa shape index (κ1) is 8.47. The second-order valence-electron chi connectivity index (χ2n) is 2.94. The van der Waals surface area contributed by atoms with Gasteiger partial charge in [0.2, 0.25) is 0 Å². The molecule has 0 aromatic heterocycles. The van der Waals surface area contributed by atoms with Crippen molar-refractivity contribution in [2.45, 2.75) is 19.3 Å². The van der Waals surface area contributed by atoms with Gasteiger partial charge in [0.1, 0.15) is 6.29 Å². The molecule has 0 aromatic carbocycles. The zero-order chi connectivity index (χ0) is 7.94. The summed E-state index contributed by atoms with van der Waals surface area (Å²) in [7, 11) is 0. The van der Waals surface area contributed by atoms with E-state index in [1.54, 1.807) is 0 Å². The zero-order valence-electron chi connectivity index (χ0n) is 6.75. The Morgan fingerprint density at radius 1 is 1.55 bits per heavy atom. The largest absolute Gasteiger partial charge is 0.316 e. The van der Waals surface area contributed by atoms with Gasteiger partial charge in [-0.15, -0.1) is 0 Å². The third-order valence-electron chi connectivity index (χ3n) is 1.98. The lowest BCUT2D eigenvalue weighted by Crippen LogP contribution is -2.28. The Bertz CT molecular complexity index is 136. The summed E-state index contributed by atoms with van der Waals surface area (Å²) in [6.07, 6.45) is 8.15. The summed E-state index contributed by atoms with van der Waals surface area (Å²) in [6, 6.07) is 0. The molecule has 0 saturated carbocycles. The molecule has 1 heterocycles. The van der Waals surface area contributed by atoms with Crippen LogP contribution in [-0.4, -0.2) is 19.4 Å². The Hall–Kier alpha value is -0.630. The minimum Gasteiger partial charge on any atom is -0.316 e. The first-order valence-corrected chi connectivity index (χ1v) is 4.24. The maximum Gasteiger partial charge on any atom is 0.123 e. The van der Waals surface area contributed by atoms with Crippen LogP contribution in [0.2, 0.25) is 0 Å². The molecule has 1 rings (SSSR count). The minimum atomic E-state index is 0.566. The summed E-state index contributed by atoms with van der Waals surface area (Å²) in [6.45, 7) is 2.23. The Kier molecular flexibility index (Phi) is 3.91. The molecular formula is C9H15NO. The summed E-state index contributed by atoms with van der Waals surface area (Å²) in [5.41, 5.74) is 0. The second-order valence-corrected chi connectivity index (χ2v) is 2.94. The van der Waals surface area contributed by atoms with Crippen LogP contribution in [0.3, 0.4) is 0 Å². The van der Waals surface area contributed by atoms with Gasteiger partial charge in [0, 0.05) is 13.0 Å². The van der Waals surface area contributed by atoms with Gasteiger partial charge in [-0.25, -0.2) is 0 Å². The number of carbonyl (C=O) groups is 1. The highest BCUT2D eigenvalue weighted by atomic mass is 16.1. The van der Waals surface area contributed by atoms with Crippen molar-refractivity contribution in [2.24, 2.45) is 5.92 Å². The summed E-state index contributed by atoms with van der Waals surface area (Å²) in [5, 5.41) is 3.32. The molecule has 62 valence electrons. The molecular weight excluding hydrogens is 138 g/mol. The minimum absolute atomic E-state index is 0.566. The van der Waals surface area contributed by atoms with Gasteiger partial charge in [-0.3, -0.25) is 0 Å². The Labute approximate surface area is 67.7 Å². The third-order valence-corrected chi connectivity index (χ3v) is 1.98. The van der Waals surface area contributed by atoms with E-state index in [0.29, 0.717) is 12.3 Å². The molecule has 0 aliphatic carbocycles. The van der Waals surface area contributed by atoms with Gasteiger partial charge in [0.05, 0.1) is 0 Å². The highest BCUT2D eigenvalue weighted by Crippen LogP contribution is 2.10. The molecule has 1 N–H and O–H groups in total. The lowest BCUT2D eigenvalue weighted by Gasteiger charge is -2.19. The maximum absolute atomic E-state index is 9.98. The molecule has 2 nitrogen and oxygen atoms in total. The number of carbonyl (C=O) groups excluding carboxylic acids is 1. The second kappa shape index (κ2) is 5.08. The molecule has 0 amide bonds. The van der Waals surface area contributed by atoms with Crippen LogP contribution in [0.4, 0.5) is 0 Å². The molecule has 1 saturated heterocycles. The molecule has 0 radical (unpaired) electrons. The van der Waals surface area contributed by atoms with Crippen molar-refractivity contribution in [3.63, 3.8) is 0 Å². The fourth-order valence-electron chi connectivity index (χ4n) is 1.37. The van der Waals surface area contributed by atoms with Crippen LogP contribution in [0.5, 0.6) is 0 Å². The average molecular weight is 153 g/mol. The Morgan fingerprint density at radius 2 is 2.45 bits per heavy atom. The monoisotopic (exact) mass is 153 g/mol. The van der Waals surface area contributed by atoms with Crippen molar-refractivity contribution < 1.29 is 4.79 Å². The number of piperidine rings is 1. The molecule has 1 fully saturated rings. The molecule has 1 unspecified atom stereocenters. The van der Waals surface area contributed by atoms with Crippen LogP contribution in [0.25, 0.3) is 0 Å². The Morgan fingerprint density at radius 3 is 3.09 bits per heavy atom. The zero-order valence-corrected chi connectivity index (χ0v) is 6.75. The molecule has 2 heteroatoms. The lowest BCUT2D eigenvalue weighted by molar-refractivity contribution is -0.107. The van der Waals surface area contributed by atoms with E-state index in [1.807, 2.05) is 6.08 Å². The topological polar surface area (TPSA) is 29.1 Å². The van der Waals surface area contributed by atoms with Crippen molar-refractivity contribution in [3.8, 4) is 0 Å². The first-order valence-electron chi connectivity index (χ1n) is 4.24. The Balaban J connectivity index is 2.18. The highest BCUT2D eigenvalue weighted by molar-refractivity contribution is 5.51. The van der Waals surface area contributed by atoms with E-state index in [2.05, 4.69) is 11.4 Å². The highest BCUT2D eigenvalue weighted by Gasteiger charge is 2.08. The molecule has 0 bridgehead atoms. The summed E-state index contributed by atoms with van der Waals surface area (Å²) < 4.78 is 0. The van der Waals surface area contributed by atoms with E-state index < -0.39 is 0 Å². The smallest absolute Gasteiger partial charge is 0.123 e. The molecule has 0 aromatic rings. The van der Waals surface area contributed by atoms with Gasteiger partial charge < -0.3 is 10.1 Å². The fourth-order valence-corrected chi connectivity index (χ4v) is 1.37. The van der Waals surface area contributed by atoms with Crippen molar-refractivity contribution in [1.29, 1.82) is 0 Å². The van der Waals surface area contributed by atoms with E-state index >= 15 is 0 Å². The van der Waals surface area contributed by atoms with Gasteiger partial charge in [-0.2, -0.15) is 0 Å². The molecule has 11 heavy (non-hydrogen) atoms. The number of hydrogen-bond donors (Lipinski definition) is 1. The standard InChI is InChI=1S/C9H15NO/c11-7-2-1-4-9-5-3-6-10-8-9/h1,4,7,9-10H,2-3,5-6,8H2/b4-1-. The van der Waals surface area contributed by atoms with Gasteiger partial charge >= 0.3 is 0 Å². The fraction of sp³-hybridized carbons (Fsp3) is 0.667. The third kappa shape index (κ3) is 3.33. The molecule has 1 atom stereocenters. The normalized spacial score (nSPS) is 25.6. The summed E-state index contributed by atoms with van der Waals surface area (Å²) in [4.78, 5) is 9.98. The van der Waals surface area contributed by atoms with Crippen LogP contribution in [0, 0.1) is 5.92 Å². The van der Waals surface area contributed by atoms with Gasteiger partial charge in [-0.1, -0.05) is 12.2 Å². The number of allylic oxidation sites excluding steroid dienone is 1. The van der Waals surface area contributed by atoms with Crippen molar-refractivity contribution in [3.05, 3.63) is 12.2 Å². The van der Waals surface area contributed by atoms with Crippen LogP contribution < -0.4 is 5.32 Å². The number of hydrogen-bond acceptors (Lipinski definition) is 2. The van der Waals surface area contributed by atoms with E-state index in [4.69, 9.17) is 0 Å². The number of nitrogens with one attached hydrogen (secondary N) is 1. The van der Waals surface area contributed by atoms with E-state index in [-0.39, 0.29) is 0 Å². The maximum atomic E-state index is 9.98. The van der Waals surface area contributed by atoms with Crippen LogP contribution in [0.15, 0.2) is 12.2 Å². The van der Waals surface area contributed by atoms with Crippen molar-refractivity contribution in [2.75, 3.05) is 13.1 Å². The van der Waals surface area contributed by atoms with Crippen molar-refractivity contribution >= 4 is 6.29 Å². The van der Waals surface area contributed by atoms with E-state index in [0.717, 1.165) is 19.4 Å². The first-order chi connectivity index (χ1) is 5.43. The predicted octanol–water partition coefficient (Wildman–Crippen LogP) is 1.13. The molecule has 1 aliphatic rings. The predicted molar refractivity (Wildman–Crippen MR) is 45.4 cm³/mol. The number of rotatable bonds is 3. The van der Waals surface area contributed by atoms with Crippen LogP contribution in [0.1, 0.15) is 19.3 Å². The van der Waals surface area contributed by atoms with E-state index in [1.165, 1.54) is 12.8 Å². The number of aldehydes is 1. The lowest BCUT2D eigenvalue weighted by atomic mass is 9.99. The van der Waals surface area contributed by atoms with Gasteiger partial charge in [0.25, 0.3) is 0 Å². The molecule has 0 spiro atoms. The van der Waals surface area contributed by atoms with Crippen LogP contribution in [-0.2, 0) is 4.79 Å². The SMILES string of the molecule is O=CC/C=C\C1CCCNC1. The van der Waals surface area contributed by atoms with Gasteiger partial charge in [-0.05, 0) is 25.3 Å². The molecule has 1 aliphatic heterocycles. The van der Waals surface area contributed by atoms with Gasteiger partial charge in [0.15, 0.2) is 0 Å². The van der Waals surface area contributed by atoms with Crippen molar-refractivity contribution in [1.82, 2.24) is 5.32 Å². The summed E-state index contributed by atoms with van der Waals surface area (Å²) in [5.74, 6) is 0.656.